The van der Waals surface area contributed by atoms with Crippen LogP contribution < -0.4 is 11.1 Å². The van der Waals surface area contributed by atoms with Crippen LogP contribution in [0.2, 0.25) is 0 Å². The van der Waals surface area contributed by atoms with Crippen molar-refractivity contribution < 1.29 is 4.79 Å². The number of hydrogen-bond acceptors (Lipinski definition) is 2. The molecule has 3 N–H and O–H groups in total. The van der Waals surface area contributed by atoms with Crippen molar-refractivity contribution in [2.45, 2.75) is 19.8 Å². The van der Waals surface area contributed by atoms with Crippen LogP contribution in [0.25, 0.3) is 11.1 Å². The molecule has 2 aromatic rings. The Bertz CT molecular complexity index is 581. The molecule has 1 atom stereocenters. The normalized spacial score (nSPS) is 11.9. The summed E-state index contributed by atoms with van der Waals surface area (Å²) in [6.07, 6.45) is 1.69. The number of carbonyl (C=O) groups excluding carboxylic acids is 1. The average molecular weight is 282 g/mol. The Morgan fingerprint density at radius 3 is 2.52 bits per heavy atom. The first-order valence-electron chi connectivity index (χ1n) is 7.37. The van der Waals surface area contributed by atoms with Crippen LogP contribution in [0.1, 0.15) is 19.8 Å². The highest BCUT2D eigenvalue weighted by molar-refractivity contribution is 5.93. The minimum Gasteiger partial charge on any atom is -0.330 e. The Balaban J connectivity index is 2.06. The lowest BCUT2D eigenvalue weighted by Gasteiger charge is -2.12. The van der Waals surface area contributed by atoms with Gasteiger partial charge in [-0.15, -0.1) is 0 Å². The van der Waals surface area contributed by atoms with Crippen molar-refractivity contribution >= 4 is 11.6 Å². The summed E-state index contributed by atoms with van der Waals surface area (Å²) in [5.74, 6) is 0.0302. The van der Waals surface area contributed by atoms with Crippen LogP contribution in [0.5, 0.6) is 0 Å². The highest BCUT2D eigenvalue weighted by Crippen LogP contribution is 2.22. The molecule has 0 aliphatic carbocycles. The summed E-state index contributed by atoms with van der Waals surface area (Å²) in [6.45, 7) is 2.56. The van der Waals surface area contributed by atoms with Crippen molar-refractivity contribution in [3.05, 3.63) is 54.6 Å². The molecule has 3 heteroatoms. The maximum absolute atomic E-state index is 12.1. The van der Waals surface area contributed by atoms with Crippen molar-refractivity contribution in [2.24, 2.45) is 11.7 Å². The van der Waals surface area contributed by atoms with Crippen LogP contribution >= 0.6 is 0 Å². The van der Waals surface area contributed by atoms with Gasteiger partial charge in [0.2, 0.25) is 5.91 Å². The van der Waals surface area contributed by atoms with Crippen LogP contribution in [0.4, 0.5) is 5.69 Å². The van der Waals surface area contributed by atoms with Crippen LogP contribution in [-0.2, 0) is 4.79 Å². The van der Waals surface area contributed by atoms with E-state index in [9.17, 15) is 4.79 Å². The minimum absolute atomic E-state index is 0.0195. The lowest BCUT2D eigenvalue weighted by atomic mass is 10.0. The van der Waals surface area contributed by atoms with Gasteiger partial charge in [0.1, 0.15) is 0 Å². The van der Waals surface area contributed by atoms with E-state index in [1.165, 1.54) is 0 Å². The van der Waals surface area contributed by atoms with Gasteiger partial charge < -0.3 is 11.1 Å². The number of benzene rings is 2. The number of anilines is 1. The molecule has 0 saturated heterocycles. The van der Waals surface area contributed by atoms with E-state index in [1.54, 1.807) is 0 Å². The molecule has 0 fully saturated rings. The molecule has 21 heavy (non-hydrogen) atoms. The van der Waals surface area contributed by atoms with Gasteiger partial charge in [-0.25, -0.2) is 0 Å². The van der Waals surface area contributed by atoms with Gasteiger partial charge in [-0.2, -0.15) is 0 Å². The number of amides is 1. The molecule has 0 aliphatic rings. The van der Waals surface area contributed by atoms with E-state index in [1.807, 2.05) is 49.4 Å². The molecule has 0 aromatic heterocycles. The predicted octanol–water partition coefficient (Wildman–Crippen LogP) is 3.67. The molecule has 0 bridgehead atoms. The summed E-state index contributed by atoms with van der Waals surface area (Å²) in [5, 5.41) is 2.98. The third-order valence-corrected chi connectivity index (χ3v) is 3.53. The monoisotopic (exact) mass is 282 g/mol. The molecule has 1 amide bonds. The Labute approximate surface area is 126 Å². The lowest BCUT2D eigenvalue weighted by molar-refractivity contribution is -0.119. The third kappa shape index (κ3) is 4.43. The van der Waals surface area contributed by atoms with E-state index in [0.717, 1.165) is 29.7 Å². The molecule has 2 rings (SSSR count). The Morgan fingerprint density at radius 1 is 1.10 bits per heavy atom. The lowest BCUT2D eigenvalue weighted by Crippen LogP contribution is -2.21. The van der Waals surface area contributed by atoms with E-state index in [4.69, 9.17) is 5.73 Å². The summed E-state index contributed by atoms with van der Waals surface area (Å²) >= 11 is 0. The zero-order chi connectivity index (χ0) is 15.1. The average Bonchev–Trinajstić information content (AvgIpc) is 2.53. The fraction of sp³-hybridized carbons (Fsp3) is 0.278. The van der Waals surface area contributed by atoms with E-state index < -0.39 is 0 Å². The van der Waals surface area contributed by atoms with Gasteiger partial charge in [0.05, 0.1) is 0 Å². The third-order valence-electron chi connectivity index (χ3n) is 3.53. The van der Waals surface area contributed by atoms with Crippen LogP contribution in [0, 0.1) is 5.92 Å². The topological polar surface area (TPSA) is 55.1 Å². The molecule has 0 heterocycles. The summed E-state index contributed by atoms with van der Waals surface area (Å²) in [6, 6.07) is 18.1. The standard InChI is InChI=1S/C18H22N2O/c1-14(7-6-12-19)18(21)20-17-11-5-10-16(13-17)15-8-3-2-4-9-15/h2-5,8-11,13-14H,6-7,12,19H2,1H3,(H,20,21). The maximum Gasteiger partial charge on any atom is 0.227 e. The molecule has 0 spiro atoms. The van der Waals surface area contributed by atoms with Gasteiger partial charge in [-0.05, 0) is 42.6 Å². The number of nitrogens with two attached hydrogens (primary N) is 1. The van der Waals surface area contributed by atoms with Crippen LogP contribution in [0.15, 0.2) is 54.6 Å². The highest BCUT2D eigenvalue weighted by Gasteiger charge is 2.12. The van der Waals surface area contributed by atoms with E-state index in [-0.39, 0.29) is 11.8 Å². The number of nitrogens with one attached hydrogen (secondary N) is 1. The highest BCUT2D eigenvalue weighted by atomic mass is 16.1. The Kier molecular flexibility index (Phi) is 5.52. The molecule has 110 valence electrons. The van der Waals surface area contributed by atoms with Crippen molar-refractivity contribution in [3.63, 3.8) is 0 Å². The minimum atomic E-state index is -0.0195. The Morgan fingerprint density at radius 2 is 1.81 bits per heavy atom. The molecule has 0 saturated carbocycles. The van der Waals surface area contributed by atoms with Gasteiger partial charge in [0, 0.05) is 11.6 Å². The predicted molar refractivity (Wildman–Crippen MR) is 88.0 cm³/mol. The summed E-state index contributed by atoms with van der Waals surface area (Å²) < 4.78 is 0. The SMILES string of the molecule is CC(CCCN)C(=O)Nc1cccc(-c2ccccc2)c1. The van der Waals surface area contributed by atoms with Gasteiger partial charge in [-0.1, -0.05) is 49.4 Å². The molecular weight excluding hydrogens is 260 g/mol. The van der Waals surface area contributed by atoms with E-state index in [2.05, 4.69) is 17.4 Å². The van der Waals surface area contributed by atoms with Gasteiger partial charge in [-0.3, -0.25) is 4.79 Å². The second kappa shape index (κ2) is 7.60. The largest absolute Gasteiger partial charge is 0.330 e. The van der Waals surface area contributed by atoms with E-state index >= 15 is 0 Å². The fourth-order valence-electron chi connectivity index (χ4n) is 2.23. The van der Waals surface area contributed by atoms with Crippen molar-refractivity contribution in [1.82, 2.24) is 0 Å². The first kappa shape index (κ1) is 15.3. The summed E-state index contributed by atoms with van der Waals surface area (Å²) in [5.41, 5.74) is 8.56. The van der Waals surface area contributed by atoms with Crippen LogP contribution in [0.3, 0.4) is 0 Å². The van der Waals surface area contributed by atoms with Gasteiger partial charge >= 0.3 is 0 Å². The van der Waals surface area contributed by atoms with Crippen molar-refractivity contribution in [3.8, 4) is 11.1 Å². The smallest absolute Gasteiger partial charge is 0.227 e. The van der Waals surface area contributed by atoms with Gasteiger partial charge in [0.25, 0.3) is 0 Å². The fourth-order valence-corrected chi connectivity index (χ4v) is 2.23. The first-order valence-corrected chi connectivity index (χ1v) is 7.37. The zero-order valence-electron chi connectivity index (χ0n) is 12.4. The first-order chi connectivity index (χ1) is 10.2. The second-order valence-corrected chi connectivity index (χ2v) is 5.27. The molecule has 0 aliphatic heterocycles. The Hall–Kier alpha value is -2.13. The van der Waals surface area contributed by atoms with E-state index in [0.29, 0.717) is 6.54 Å². The van der Waals surface area contributed by atoms with Crippen molar-refractivity contribution in [2.75, 3.05) is 11.9 Å². The summed E-state index contributed by atoms with van der Waals surface area (Å²) in [7, 11) is 0. The second-order valence-electron chi connectivity index (χ2n) is 5.27. The maximum atomic E-state index is 12.1. The summed E-state index contributed by atoms with van der Waals surface area (Å²) in [4.78, 5) is 12.1. The molecule has 0 radical (unpaired) electrons. The van der Waals surface area contributed by atoms with Crippen LogP contribution in [-0.4, -0.2) is 12.5 Å². The molecule has 3 nitrogen and oxygen atoms in total. The molecule has 2 aromatic carbocycles. The quantitative estimate of drug-likeness (QED) is 0.849. The number of carbonyl (C=O) groups is 1. The molecule has 1 unspecified atom stereocenters. The molecular formula is C18H22N2O. The number of hydrogen-bond donors (Lipinski definition) is 2. The zero-order valence-corrected chi connectivity index (χ0v) is 12.4. The van der Waals surface area contributed by atoms with Crippen molar-refractivity contribution in [1.29, 1.82) is 0 Å². The van der Waals surface area contributed by atoms with Gasteiger partial charge in [0.15, 0.2) is 0 Å². The number of rotatable bonds is 6.